The van der Waals surface area contributed by atoms with Gasteiger partial charge < -0.3 is 20.3 Å². The molecule has 4 unspecified atom stereocenters. The van der Waals surface area contributed by atoms with Gasteiger partial charge >= 0.3 is 6.09 Å². The van der Waals surface area contributed by atoms with Crippen LogP contribution in [0.4, 0.5) is 4.79 Å². The molecule has 7 nitrogen and oxygen atoms in total. The van der Waals surface area contributed by atoms with E-state index in [9.17, 15) is 14.4 Å². The normalized spacial score (nSPS) is 14.8. The molecule has 0 saturated heterocycles. The first kappa shape index (κ1) is 32.2. The molecule has 1 aromatic rings. The Bertz CT molecular complexity index is 906. The summed E-state index contributed by atoms with van der Waals surface area (Å²) in [5, 5.41) is 5.78. The highest BCUT2D eigenvalue weighted by Gasteiger charge is 2.38. The van der Waals surface area contributed by atoms with Gasteiger partial charge in [-0.05, 0) is 83.9 Å². The molecule has 0 fully saturated rings. The van der Waals surface area contributed by atoms with Gasteiger partial charge in [0, 0.05) is 12.1 Å². The van der Waals surface area contributed by atoms with Gasteiger partial charge in [-0.3, -0.25) is 9.59 Å². The predicted octanol–water partition coefficient (Wildman–Crippen LogP) is 6.24. The van der Waals surface area contributed by atoms with E-state index in [2.05, 4.69) is 38.0 Å². The van der Waals surface area contributed by atoms with Gasteiger partial charge in [0.25, 0.3) is 0 Å². The fourth-order valence-corrected chi connectivity index (χ4v) is 4.20. The molecular weight excluding hydrogens is 466 g/mol. The number of amides is 3. The highest BCUT2D eigenvalue weighted by Crippen LogP contribution is 2.28. The van der Waals surface area contributed by atoms with Crippen LogP contribution in [0.1, 0.15) is 105 Å². The summed E-state index contributed by atoms with van der Waals surface area (Å²) in [6.07, 6.45) is 4.43. The van der Waals surface area contributed by atoms with Crippen LogP contribution in [0.3, 0.4) is 0 Å². The summed E-state index contributed by atoms with van der Waals surface area (Å²) in [6, 6.07) is 5.49. The average Bonchev–Trinajstić information content (AvgIpc) is 2.79. The van der Waals surface area contributed by atoms with Crippen LogP contribution in [-0.4, -0.2) is 46.5 Å². The molecule has 1 aromatic carbocycles. The summed E-state index contributed by atoms with van der Waals surface area (Å²) < 4.78 is 5.37. The zero-order valence-corrected chi connectivity index (χ0v) is 24.4. The predicted molar refractivity (Wildman–Crippen MR) is 151 cm³/mol. The van der Waals surface area contributed by atoms with E-state index in [0.717, 1.165) is 31.2 Å². The molecule has 2 N–H and O–H groups in total. The van der Waals surface area contributed by atoms with E-state index in [0.29, 0.717) is 11.5 Å². The van der Waals surface area contributed by atoms with Crippen molar-refractivity contribution >= 4 is 24.0 Å². The van der Waals surface area contributed by atoms with Crippen LogP contribution < -0.4 is 10.6 Å². The van der Waals surface area contributed by atoms with Gasteiger partial charge in [0.1, 0.15) is 17.7 Å². The number of ether oxygens (including phenoxy) is 1. The number of carbonyl (C=O) groups is 3. The number of benzene rings is 1. The Balaban J connectivity index is 3.51. The topological polar surface area (TPSA) is 87.7 Å². The van der Waals surface area contributed by atoms with Crippen molar-refractivity contribution < 1.29 is 19.1 Å². The van der Waals surface area contributed by atoms with Crippen LogP contribution in [0.5, 0.6) is 0 Å². The van der Waals surface area contributed by atoms with Crippen LogP contribution in [0.2, 0.25) is 0 Å². The molecule has 7 heteroatoms. The molecule has 37 heavy (non-hydrogen) atoms. The van der Waals surface area contributed by atoms with Gasteiger partial charge in [0.15, 0.2) is 0 Å². The lowest BCUT2D eigenvalue weighted by atomic mass is 9.96. The molecule has 208 valence electrons. The summed E-state index contributed by atoms with van der Waals surface area (Å²) in [5.74, 6) is -0.136. The Morgan fingerprint density at radius 2 is 1.68 bits per heavy atom. The summed E-state index contributed by atoms with van der Waals surface area (Å²) in [6.45, 7) is 21.1. The second kappa shape index (κ2) is 14.8. The highest BCUT2D eigenvalue weighted by atomic mass is 16.6. The number of rotatable bonds is 13. The second-order valence-electron chi connectivity index (χ2n) is 11.4. The monoisotopic (exact) mass is 515 g/mol. The number of nitrogens with zero attached hydrogens (tertiary/aromatic N) is 1. The first-order valence-electron chi connectivity index (χ1n) is 13.5. The van der Waals surface area contributed by atoms with E-state index in [1.54, 1.807) is 38.7 Å². The quantitative estimate of drug-likeness (QED) is 0.325. The largest absolute Gasteiger partial charge is 0.444 e. The van der Waals surface area contributed by atoms with Crippen LogP contribution in [-0.2, 0) is 14.3 Å². The van der Waals surface area contributed by atoms with Gasteiger partial charge in [-0.1, -0.05) is 58.0 Å². The fraction of sp³-hybridized carbons (Fsp3) is 0.633. The van der Waals surface area contributed by atoms with Crippen molar-refractivity contribution in [3.05, 3.63) is 42.0 Å². The molecule has 1 rings (SSSR count). The maximum atomic E-state index is 14.0. The maximum absolute atomic E-state index is 14.0. The van der Waals surface area contributed by atoms with Crippen LogP contribution in [0.25, 0.3) is 6.08 Å². The van der Waals surface area contributed by atoms with Crippen LogP contribution in [0, 0.1) is 5.92 Å². The fourth-order valence-electron chi connectivity index (χ4n) is 4.20. The highest BCUT2D eigenvalue weighted by molar-refractivity contribution is 5.92. The number of alkyl carbamates (subject to hydrolysis) is 1. The maximum Gasteiger partial charge on any atom is 0.408 e. The summed E-state index contributed by atoms with van der Waals surface area (Å²) in [7, 11) is 0. The minimum absolute atomic E-state index is 0.0391. The first-order chi connectivity index (χ1) is 17.2. The van der Waals surface area contributed by atoms with Gasteiger partial charge in [0.05, 0.1) is 0 Å². The minimum Gasteiger partial charge on any atom is -0.444 e. The zero-order chi connectivity index (χ0) is 28.3. The van der Waals surface area contributed by atoms with Crippen molar-refractivity contribution in [3.8, 4) is 0 Å². The summed E-state index contributed by atoms with van der Waals surface area (Å²) in [4.78, 5) is 41.9. The smallest absolute Gasteiger partial charge is 0.408 e. The standard InChI is InChI=1S/C30H49N3O4/c1-11-14-21(5)31-27(34)26(25-16-13-15-24(12-2)19-25)33(22(6)18-17-20(3)4)28(35)23(7)32-29(36)37-30(8,9)10/h12-13,15-16,19-23,26H,2,11,14,17-18H2,1,3-10H3,(H,31,34)(H,32,36). The first-order valence-corrected chi connectivity index (χ1v) is 13.5. The summed E-state index contributed by atoms with van der Waals surface area (Å²) >= 11 is 0. The van der Waals surface area contributed by atoms with Gasteiger partial charge in [-0.15, -0.1) is 0 Å². The number of carbonyl (C=O) groups excluding carboxylic acids is 3. The molecule has 0 radical (unpaired) electrons. The molecular formula is C30H49N3O4. The Hall–Kier alpha value is -2.83. The molecule has 3 amide bonds. The lowest BCUT2D eigenvalue weighted by molar-refractivity contribution is -0.145. The molecule has 0 aliphatic rings. The molecule has 0 saturated carbocycles. The Kier molecular flexibility index (Phi) is 12.9. The number of hydrogen-bond donors (Lipinski definition) is 2. The molecule has 0 bridgehead atoms. The molecule has 0 aliphatic carbocycles. The van der Waals surface area contributed by atoms with Gasteiger partial charge in [0.2, 0.25) is 11.8 Å². The Morgan fingerprint density at radius 3 is 2.22 bits per heavy atom. The van der Waals surface area contributed by atoms with Crippen molar-refractivity contribution in [2.45, 2.75) is 118 Å². The lowest BCUT2D eigenvalue weighted by Gasteiger charge is -2.38. The third-order valence-electron chi connectivity index (χ3n) is 6.09. The molecule has 4 atom stereocenters. The molecule has 0 aliphatic heterocycles. The van der Waals surface area contributed by atoms with Crippen molar-refractivity contribution in [3.63, 3.8) is 0 Å². The summed E-state index contributed by atoms with van der Waals surface area (Å²) in [5.41, 5.74) is 0.868. The van der Waals surface area contributed by atoms with E-state index >= 15 is 0 Å². The van der Waals surface area contributed by atoms with Crippen molar-refractivity contribution in [1.29, 1.82) is 0 Å². The lowest BCUT2D eigenvalue weighted by Crippen LogP contribution is -2.55. The van der Waals surface area contributed by atoms with Crippen LogP contribution in [0.15, 0.2) is 30.8 Å². The number of nitrogens with one attached hydrogen (secondary N) is 2. The number of hydrogen-bond acceptors (Lipinski definition) is 4. The van der Waals surface area contributed by atoms with E-state index in [4.69, 9.17) is 4.74 Å². The van der Waals surface area contributed by atoms with Crippen molar-refractivity contribution in [2.24, 2.45) is 5.92 Å². The van der Waals surface area contributed by atoms with Crippen LogP contribution >= 0.6 is 0 Å². The van der Waals surface area contributed by atoms with E-state index in [1.165, 1.54) is 0 Å². The zero-order valence-electron chi connectivity index (χ0n) is 24.4. The van der Waals surface area contributed by atoms with Crippen molar-refractivity contribution in [1.82, 2.24) is 15.5 Å². The third kappa shape index (κ3) is 11.0. The van der Waals surface area contributed by atoms with E-state index in [-0.39, 0.29) is 23.9 Å². The van der Waals surface area contributed by atoms with Gasteiger partial charge in [-0.25, -0.2) is 4.79 Å². The Morgan fingerprint density at radius 1 is 1.03 bits per heavy atom. The Labute approximate surface area is 224 Å². The second-order valence-corrected chi connectivity index (χ2v) is 11.4. The van der Waals surface area contributed by atoms with E-state index < -0.39 is 23.8 Å². The minimum atomic E-state index is -0.887. The molecule has 0 heterocycles. The average molecular weight is 516 g/mol. The SMILES string of the molecule is C=Cc1cccc(C(C(=O)NC(C)CCC)N(C(=O)C(C)NC(=O)OC(C)(C)C)C(C)CCC(C)C)c1. The van der Waals surface area contributed by atoms with Crippen molar-refractivity contribution in [2.75, 3.05) is 0 Å². The van der Waals surface area contributed by atoms with Gasteiger partial charge in [-0.2, -0.15) is 0 Å². The molecule has 0 spiro atoms. The third-order valence-corrected chi connectivity index (χ3v) is 6.09. The van der Waals surface area contributed by atoms with E-state index in [1.807, 2.05) is 38.1 Å². The molecule has 0 aromatic heterocycles.